The number of hydrogen-bond donors (Lipinski definition) is 0. The second-order valence-corrected chi connectivity index (χ2v) is 6.22. The fourth-order valence-corrected chi connectivity index (χ4v) is 3.36. The lowest BCUT2D eigenvalue weighted by Gasteiger charge is -2.16. The first-order chi connectivity index (χ1) is 11.6. The van der Waals surface area contributed by atoms with Crippen molar-refractivity contribution in [2.24, 2.45) is 0 Å². The zero-order valence-electron chi connectivity index (χ0n) is 12.9. The van der Waals surface area contributed by atoms with Crippen molar-refractivity contribution in [2.45, 2.75) is 19.4 Å². The Morgan fingerprint density at radius 3 is 2.54 bits per heavy atom. The standard InChI is InChI=1S/C18H14ClN3O2/c1-11-20-14-4-2-3-5-15(14)21(11)16-10-17(23)22(18(16)24)13-8-6-12(19)7-9-13/h2-9,16H,10H2,1H3/t16-/m0/s1. The third-order valence-electron chi connectivity index (χ3n) is 4.29. The van der Waals surface area contributed by atoms with Gasteiger partial charge in [-0.3, -0.25) is 9.59 Å². The number of rotatable bonds is 2. The summed E-state index contributed by atoms with van der Waals surface area (Å²) in [6, 6.07) is 13.7. The van der Waals surface area contributed by atoms with E-state index in [1.54, 1.807) is 24.3 Å². The third kappa shape index (κ3) is 2.20. The van der Waals surface area contributed by atoms with Gasteiger partial charge in [-0.1, -0.05) is 23.7 Å². The summed E-state index contributed by atoms with van der Waals surface area (Å²) in [7, 11) is 0. The van der Waals surface area contributed by atoms with E-state index < -0.39 is 6.04 Å². The lowest BCUT2D eigenvalue weighted by atomic mass is 10.2. The molecule has 2 heterocycles. The van der Waals surface area contributed by atoms with E-state index in [1.165, 1.54) is 4.90 Å². The van der Waals surface area contributed by atoms with Crippen LogP contribution in [-0.2, 0) is 9.59 Å². The van der Waals surface area contributed by atoms with Gasteiger partial charge in [-0.15, -0.1) is 0 Å². The van der Waals surface area contributed by atoms with Gasteiger partial charge < -0.3 is 4.57 Å². The van der Waals surface area contributed by atoms with Gasteiger partial charge in [0.2, 0.25) is 5.91 Å². The Balaban J connectivity index is 1.78. The monoisotopic (exact) mass is 339 g/mol. The van der Waals surface area contributed by atoms with Crippen LogP contribution in [-0.4, -0.2) is 21.4 Å². The Bertz CT molecular complexity index is 962. The van der Waals surface area contributed by atoms with E-state index in [1.807, 2.05) is 35.8 Å². The van der Waals surface area contributed by atoms with E-state index in [4.69, 9.17) is 11.6 Å². The van der Waals surface area contributed by atoms with Crippen LogP contribution in [0.3, 0.4) is 0 Å². The number of imidazole rings is 1. The summed E-state index contributed by atoms with van der Waals surface area (Å²) >= 11 is 5.89. The van der Waals surface area contributed by atoms with Crippen LogP contribution in [0, 0.1) is 6.92 Å². The smallest absolute Gasteiger partial charge is 0.257 e. The van der Waals surface area contributed by atoms with E-state index >= 15 is 0 Å². The predicted molar refractivity (Wildman–Crippen MR) is 92.1 cm³/mol. The number of imide groups is 1. The molecule has 0 spiro atoms. The minimum Gasteiger partial charge on any atom is -0.315 e. The fraction of sp³-hybridized carbons (Fsp3) is 0.167. The highest BCUT2D eigenvalue weighted by molar-refractivity contribution is 6.30. The predicted octanol–water partition coefficient (Wildman–Crippen LogP) is 3.50. The van der Waals surface area contributed by atoms with Crippen LogP contribution in [0.1, 0.15) is 18.3 Å². The molecule has 0 unspecified atom stereocenters. The largest absolute Gasteiger partial charge is 0.315 e. The minimum atomic E-state index is -0.569. The van der Waals surface area contributed by atoms with Gasteiger partial charge in [0.25, 0.3) is 5.91 Å². The molecule has 24 heavy (non-hydrogen) atoms. The number of fused-ring (bicyclic) bond motifs is 1. The second-order valence-electron chi connectivity index (χ2n) is 5.78. The maximum absolute atomic E-state index is 12.9. The van der Waals surface area contributed by atoms with Crippen LogP contribution in [0.2, 0.25) is 5.02 Å². The van der Waals surface area contributed by atoms with Crippen molar-refractivity contribution >= 4 is 40.1 Å². The number of aromatic nitrogens is 2. The maximum Gasteiger partial charge on any atom is 0.257 e. The summed E-state index contributed by atoms with van der Waals surface area (Å²) in [6.45, 7) is 1.85. The molecule has 0 bridgehead atoms. The molecule has 120 valence electrons. The molecule has 1 atom stereocenters. The van der Waals surface area contributed by atoms with Crippen molar-refractivity contribution in [1.82, 2.24) is 9.55 Å². The first-order valence-electron chi connectivity index (χ1n) is 7.62. The Hall–Kier alpha value is -2.66. The molecule has 1 fully saturated rings. The Kier molecular flexibility index (Phi) is 3.39. The van der Waals surface area contributed by atoms with Crippen LogP contribution in [0.5, 0.6) is 0 Å². The number of hydrogen-bond acceptors (Lipinski definition) is 3. The third-order valence-corrected chi connectivity index (χ3v) is 4.54. The summed E-state index contributed by atoms with van der Waals surface area (Å²) < 4.78 is 1.85. The number of carbonyl (C=O) groups is 2. The summed E-state index contributed by atoms with van der Waals surface area (Å²) in [5.41, 5.74) is 2.22. The number of carbonyl (C=O) groups excluding carboxylic acids is 2. The molecule has 0 N–H and O–H groups in total. The van der Waals surface area contributed by atoms with Gasteiger partial charge >= 0.3 is 0 Å². The number of aryl methyl sites for hydroxylation is 1. The lowest BCUT2D eigenvalue weighted by molar-refractivity contribution is -0.122. The molecule has 6 heteroatoms. The molecular formula is C18H14ClN3O2. The molecule has 0 radical (unpaired) electrons. The van der Waals surface area contributed by atoms with Crippen molar-refractivity contribution in [1.29, 1.82) is 0 Å². The number of benzene rings is 2. The van der Waals surface area contributed by atoms with E-state index in [0.29, 0.717) is 10.7 Å². The van der Waals surface area contributed by atoms with Crippen molar-refractivity contribution in [3.8, 4) is 0 Å². The first-order valence-corrected chi connectivity index (χ1v) is 8.00. The molecule has 4 rings (SSSR count). The molecule has 1 aliphatic rings. The SMILES string of the molecule is Cc1nc2ccccc2n1[C@H]1CC(=O)N(c2ccc(Cl)cc2)C1=O. The number of anilines is 1. The van der Waals surface area contributed by atoms with Gasteiger partial charge in [0.1, 0.15) is 11.9 Å². The minimum absolute atomic E-state index is 0.128. The topological polar surface area (TPSA) is 55.2 Å². The van der Waals surface area contributed by atoms with Crippen LogP contribution in [0.15, 0.2) is 48.5 Å². The second kappa shape index (κ2) is 5.46. The molecule has 0 saturated carbocycles. The van der Waals surface area contributed by atoms with Gasteiger partial charge in [0, 0.05) is 5.02 Å². The molecule has 3 aromatic rings. The Morgan fingerprint density at radius 1 is 1.08 bits per heavy atom. The summed E-state index contributed by atoms with van der Waals surface area (Å²) in [4.78, 5) is 31.1. The average molecular weight is 340 g/mol. The zero-order valence-corrected chi connectivity index (χ0v) is 13.7. The van der Waals surface area contributed by atoms with E-state index in [-0.39, 0.29) is 18.2 Å². The van der Waals surface area contributed by atoms with Crippen LogP contribution in [0.25, 0.3) is 11.0 Å². The number of nitrogens with zero attached hydrogens (tertiary/aromatic N) is 3. The fourth-order valence-electron chi connectivity index (χ4n) is 3.24. The van der Waals surface area contributed by atoms with Gasteiger partial charge in [-0.2, -0.15) is 0 Å². The molecule has 1 aromatic heterocycles. The number of amides is 2. The summed E-state index contributed by atoms with van der Waals surface area (Å²) in [5, 5.41) is 0.561. The van der Waals surface area contributed by atoms with E-state index in [0.717, 1.165) is 16.9 Å². The molecule has 2 amide bonds. The normalized spacial score (nSPS) is 17.9. The van der Waals surface area contributed by atoms with E-state index in [2.05, 4.69) is 4.98 Å². The first kappa shape index (κ1) is 14.9. The van der Waals surface area contributed by atoms with Crippen molar-refractivity contribution < 1.29 is 9.59 Å². The van der Waals surface area contributed by atoms with Crippen molar-refractivity contribution in [2.75, 3.05) is 4.90 Å². The molecule has 2 aromatic carbocycles. The molecule has 1 aliphatic heterocycles. The van der Waals surface area contributed by atoms with Crippen molar-refractivity contribution in [3.05, 3.63) is 59.4 Å². The molecular weight excluding hydrogens is 326 g/mol. The highest BCUT2D eigenvalue weighted by atomic mass is 35.5. The lowest BCUT2D eigenvalue weighted by Crippen LogP contribution is -2.31. The highest BCUT2D eigenvalue weighted by Gasteiger charge is 2.41. The molecule has 1 saturated heterocycles. The number of para-hydroxylation sites is 2. The Morgan fingerprint density at radius 2 is 1.79 bits per heavy atom. The van der Waals surface area contributed by atoms with Crippen LogP contribution >= 0.6 is 11.6 Å². The van der Waals surface area contributed by atoms with Gasteiger partial charge in [0.05, 0.1) is 23.1 Å². The van der Waals surface area contributed by atoms with Crippen LogP contribution < -0.4 is 4.90 Å². The zero-order chi connectivity index (χ0) is 16.8. The summed E-state index contributed by atoms with van der Waals surface area (Å²) in [5.74, 6) is 0.262. The van der Waals surface area contributed by atoms with Gasteiger partial charge in [-0.05, 0) is 43.3 Å². The van der Waals surface area contributed by atoms with Gasteiger partial charge in [0.15, 0.2) is 0 Å². The van der Waals surface area contributed by atoms with E-state index in [9.17, 15) is 9.59 Å². The highest BCUT2D eigenvalue weighted by Crippen LogP contribution is 2.33. The quantitative estimate of drug-likeness (QED) is 0.671. The van der Waals surface area contributed by atoms with Gasteiger partial charge in [-0.25, -0.2) is 9.88 Å². The maximum atomic E-state index is 12.9. The molecule has 5 nitrogen and oxygen atoms in total. The van der Waals surface area contributed by atoms with Crippen molar-refractivity contribution in [3.63, 3.8) is 0 Å². The summed E-state index contributed by atoms with van der Waals surface area (Å²) in [6.07, 6.45) is 0.128. The average Bonchev–Trinajstić information content (AvgIpc) is 3.04. The Labute approximate surface area is 143 Å². The van der Waals surface area contributed by atoms with Crippen LogP contribution in [0.4, 0.5) is 5.69 Å². The number of halogens is 1. The molecule has 0 aliphatic carbocycles.